The molecule has 2 rings (SSSR count). The summed E-state index contributed by atoms with van der Waals surface area (Å²) in [5, 5.41) is 2.99. The molecule has 0 bridgehead atoms. The second kappa shape index (κ2) is 6.86. The Balaban J connectivity index is 2.11. The Labute approximate surface area is 138 Å². The molecule has 2 aromatic carbocycles. The Morgan fingerprint density at radius 1 is 0.870 bits per heavy atom. The molecule has 0 spiro atoms. The van der Waals surface area contributed by atoms with E-state index in [0.29, 0.717) is 0 Å². The van der Waals surface area contributed by atoms with E-state index < -0.39 is 6.10 Å². The fourth-order valence-electron chi connectivity index (χ4n) is 2.86. The normalized spacial score (nSPS) is 11.9. The van der Waals surface area contributed by atoms with Crippen LogP contribution in [0.15, 0.2) is 30.3 Å². The highest BCUT2D eigenvalue weighted by Crippen LogP contribution is 2.23. The van der Waals surface area contributed by atoms with E-state index >= 15 is 0 Å². The molecule has 3 nitrogen and oxygen atoms in total. The molecule has 0 radical (unpaired) electrons. The minimum Gasteiger partial charge on any atom is -0.481 e. The van der Waals surface area contributed by atoms with Gasteiger partial charge in [-0.2, -0.15) is 0 Å². The molecule has 0 aromatic heterocycles. The Morgan fingerprint density at radius 2 is 1.35 bits per heavy atom. The van der Waals surface area contributed by atoms with E-state index in [1.165, 1.54) is 5.56 Å². The summed E-state index contributed by atoms with van der Waals surface area (Å²) in [5.74, 6) is 0.585. The fourth-order valence-corrected chi connectivity index (χ4v) is 2.86. The number of anilines is 1. The number of rotatable bonds is 4. The van der Waals surface area contributed by atoms with Crippen molar-refractivity contribution >= 4 is 11.6 Å². The molecule has 2 aromatic rings. The zero-order chi connectivity index (χ0) is 17.1. The highest BCUT2D eigenvalue weighted by atomic mass is 16.5. The number of hydrogen-bond donors (Lipinski definition) is 1. The topological polar surface area (TPSA) is 38.3 Å². The molecule has 1 unspecified atom stereocenters. The zero-order valence-corrected chi connectivity index (χ0v) is 14.8. The standard InChI is InChI=1S/C20H25NO2/c1-12-7-13(2)11-18(10-12)23-17(6)20(22)21-19-15(4)8-14(3)9-16(19)5/h7-11,17H,1-6H3,(H,21,22). The Kier molecular flexibility index (Phi) is 5.09. The third kappa shape index (κ3) is 4.35. The van der Waals surface area contributed by atoms with E-state index in [2.05, 4.69) is 30.4 Å². The minimum absolute atomic E-state index is 0.140. The molecule has 1 amide bonds. The molecule has 23 heavy (non-hydrogen) atoms. The van der Waals surface area contributed by atoms with E-state index in [4.69, 9.17) is 4.74 Å². The SMILES string of the molecule is Cc1cc(C)cc(OC(C)C(=O)Nc2c(C)cc(C)cc2C)c1. The summed E-state index contributed by atoms with van der Waals surface area (Å²) in [4.78, 5) is 12.4. The van der Waals surface area contributed by atoms with Gasteiger partial charge < -0.3 is 10.1 Å². The van der Waals surface area contributed by atoms with Crippen molar-refractivity contribution in [2.75, 3.05) is 5.32 Å². The van der Waals surface area contributed by atoms with Crippen molar-refractivity contribution in [3.8, 4) is 5.75 Å². The second-order valence-corrected chi connectivity index (χ2v) is 6.35. The molecule has 0 fully saturated rings. The summed E-state index contributed by atoms with van der Waals surface area (Å²) in [6.07, 6.45) is -0.559. The molecular formula is C20H25NO2. The number of hydrogen-bond acceptors (Lipinski definition) is 2. The third-order valence-electron chi connectivity index (χ3n) is 3.80. The van der Waals surface area contributed by atoms with Crippen LogP contribution >= 0.6 is 0 Å². The van der Waals surface area contributed by atoms with Crippen LogP contribution in [0.4, 0.5) is 5.69 Å². The predicted octanol–water partition coefficient (Wildman–Crippen LogP) is 4.63. The first-order chi connectivity index (χ1) is 10.8. The Bertz CT molecular complexity index is 691. The number of carbonyl (C=O) groups is 1. The molecule has 1 atom stereocenters. The first-order valence-corrected chi connectivity index (χ1v) is 7.90. The molecule has 0 heterocycles. The van der Waals surface area contributed by atoms with Crippen molar-refractivity contribution in [3.05, 3.63) is 58.1 Å². The van der Waals surface area contributed by atoms with Crippen LogP contribution < -0.4 is 10.1 Å². The van der Waals surface area contributed by atoms with Crippen LogP contribution in [0.25, 0.3) is 0 Å². The van der Waals surface area contributed by atoms with Gasteiger partial charge in [0, 0.05) is 5.69 Å². The summed E-state index contributed by atoms with van der Waals surface area (Å²) in [6, 6.07) is 10.1. The summed E-state index contributed by atoms with van der Waals surface area (Å²) < 4.78 is 5.80. The molecule has 1 N–H and O–H groups in total. The quantitative estimate of drug-likeness (QED) is 0.893. The highest BCUT2D eigenvalue weighted by molar-refractivity contribution is 5.95. The Hall–Kier alpha value is -2.29. The maximum Gasteiger partial charge on any atom is 0.265 e. The number of amides is 1. The van der Waals surface area contributed by atoms with Crippen LogP contribution in [-0.2, 0) is 4.79 Å². The van der Waals surface area contributed by atoms with Gasteiger partial charge in [0.1, 0.15) is 5.75 Å². The number of benzene rings is 2. The van der Waals surface area contributed by atoms with Crippen molar-refractivity contribution in [2.45, 2.75) is 47.6 Å². The van der Waals surface area contributed by atoms with Gasteiger partial charge in [0.25, 0.3) is 5.91 Å². The van der Waals surface area contributed by atoms with Gasteiger partial charge in [0.2, 0.25) is 0 Å². The van der Waals surface area contributed by atoms with Crippen molar-refractivity contribution in [1.29, 1.82) is 0 Å². The third-order valence-corrected chi connectivity index (χ3v) is 3.80. The lowest BCUT2D eigenvalue weighted by Gasteiger charge is -2.18. The fraction of sp³-hybridized carbons (Fsp3) is 0.350. The van der Waals surface area contributed by atoms with E-state index in [-0.39, 0.29) is 5.91 Å². The lowest BCUT2D eigenvalue weighted by molar-refractivity contribution is -0.122. The van der Waals surface area contributed by atoms with Crippen molar-refractivity contribution < 1.29 is 9.53 Å². The first kappa shape index (κ1) is 17.1. The average Bonchev–Trinajstić information content (AvgIpc) is 2.41. The van der Waals surface area contributed by atoms with E-state index in [0.717, 1.165) is 33.7 Å². The predicted molar refractivity (Wildman–Crippen MR) is 95.3 cm³/mol. The molecule has 122 valence electrons. The van der Waals surface area contributed by atoms with Crippen LogP contribution in [-0.4, -0.2) is 12.0 Å². The molecule has 3 heteroatoms. The number of ether oxygens (including phenoxy) is 1. The monoisotopic (exact) mass is 311 g/mol. The summed E-state index contributed by atoms with van der Waals surface area (Å²) in [5.41, 5.74) is 6.44. The second-order valence-electron chi connectivity index (χ2n) is 6.35. The lowest BCUT2D eigenvalue weighted by Crippen LogP contribution is -2.30. The number of nitrogens with one attached hydrogen (secondary N) is 1. The van der Waals surface area contributed by atoms with Crippen molar-refractivity contribution in [3.63, 3.8) is 0 Å². The van der Waals surface area contributed by atoms with E-state index in [9.17, 15) is 4.79 Å². The van der Waals surface area contributed by atoms with Gasteiger partial charge in [-0.25, -0.2) is 0 Å². The highest BCUT2D eigenvalue weighted by Gasteiger charge is 2.17. The number of aryl methyl sites for hydroxylation is 5. The van der Waals surface area contributed by atoms with Crippen LogP contribution in [0.2, 0.25) is 0 Å². The van der Waals surface area contributed by atoms with Gasteiger partial charge >= 0.3 is 0 Å². The van der Waals surface area contributed by atoms with Crippen LogP contribution in [0.5, 0.6) is 5.75 Å². The lowest BCUT2D eigenvalue weighted by atomic mass is 10.0. The van der Waals surface area contributed by atoms with Crippen LogP contribution in [0, 0.1) is 34.6 Å². The first-order valence-electron chi connectivity index (χ1n) is 7.90. The Morgan fingerprint density at radius 3 is 1.87 bits per heavy atom. The van der Waals surface area contributed by atoms with Gasteiger partial charge in [-0.15, -0.1) is 0 Å². The van der Waals surface area contributed by atoms with Crippen molar-refractivity contribution in [2.24, 2.45) is 0 Å². The molecule has 0 aliphatic carbocycles. The molecule has 0 saturated carbocycles. The average molecular weight is 311 g/mol. The summed E-state index contributed by atoms with van der Waals surface area (Å²) in [7, 11) is 0. The van der Waals surface area contributed by atoms with Gasteiger partial charge in [0.05, 0.1) is 0 Å². The molecule has 0 aliphatic heterocycles. The van der Waals surface area contributed by atoms with E-state index in [1.807, 2.05) is 39.8 Å². The zero-order valence-electron chi connectivity index (χ0n) is 14.8. The summed E-state index contributed by atoms with van der Waals surface area (Å²) >= 11 is 0. The van der Waals surface area contributed by atoms with Crippen LogP contribution in [0.1, 0.15) is 34.7 Å². The van der Waals surface area contributed by atoms with Gasteiger partial charge in [0.15, 0.2) is 6.10 Å². The molecule has 0 saturated heterocycles. The van der Waals surface area contributed by atoms with Crippen LogP contribution in [0.3, 0.4) is 0 Å². The van der Waals surface area contributed by atoms with Gasteiger partial charge in [-0.3, -0.25) is 4.79 Å². The van der Waals surface area contributed by atoms with Crippen molar-refractivity contribution in [1.82, 2.24) is 0 Å². The maximum atomic E-state index is 12.4. The van der Waals surface area contributed by atoms with Gasteiger partial charge in [-0.05, 0) is 75.9 Å². The largest absolute Gasteiger partial charge is 0.481 e. The number of carbonyl (C=O) groups excluding carboxylic acids is 1. The maximum absolute atomic E-state index is 12.4. The van der Waals surface area contributed by atoms with E-state index in [1.54, 1.807) is 6.92 Å². The summed E-state index contributed by atoms with van der Waals surface area (Å²) in [6.45, 7) is 11.9. The minimum atomic E-state index is -0.559. The molecule has 0 aliphatic rings. The smallest absolute Gasteiger partial charge is 0.265 e. The molecular weight excluding hydrogens is 286 g/mol. The van der Waals surface area contributed by atoms with Gasteiger partial charge in [-0.1, -0.05) is 23.8 Å².